The molecule has 3 aromatic rings. The molecule has 0 radical (unpaired) electrons. The van der Waals surface area contributed by atoms with Crippen LogP contribution >= 0.6 is 11.6 Å². The summed E-state index contributed by atoms with van der Waals surface area (Å²) in [5, 5.41) is 3.33. The van der Waals surface area contributed by atoms with Crippen LogP contribution in [0.4, 0.5) is 27.8 Å². The maximum Gasteiger partial charge on any atom is 0.451 e. The average molecular weight is 515 g/mol. The number of rotatable bonds is 5. The number of nitrogen functional groups attached to an aromatic ring is 1. The van der Waals surface area contributed by atoms with Crippen LogP contribution in [0.25, 0.3) is 10.9 Å². The minimum absolute atomic E-state index is 0.0211. The van der Waals surface area contributed by atoms with Crippen molar-refractivity contribution in [1.82, 2.24) is 25.2 Å². The van der Waals surface area contributed by atoms with Crippen LogP contribution in [0.1, 0.15) is 40.6 Å². The van der Waals surface area contributed by atoms with Gasteiger partial charge in [-0.25, -0.2) is 23.7 Å². The number of alkyl halides is 5. The van der Waals surface area contributed by atoms with Gasteiger partial charge in [-0.1, -0.05) is 11.6 Å². The summed E-state index contributed by atoms with van der Waals surface area (Å²) in [6.07, 6.45) is -3.56. The Kier molecular flexibility index (Phi) is 6.78. The van der Waals surface area contributed by atoms with Crippen LogP contribution in [-0.2, 0) is 6.18 Å². The van der Waals surface area contributed by atoms with Gasteiger partial charge in [-0.3, -0.25) is 9.69 Å². The number of hydrogen-bond donors (Lipinski definition) is 2. The molecule has 1 atom stereocenters. The molecule has 1 saturated heterocycles. The lowest BCUT2D eigenvalue weighted by molar-refractivity contribution is -0.145. The number of aromatic nitrogens is 3. The van der Waals surface area contributed by atoms with Gasteiger partial charge >= 0.3 is 6.18 Å². The van der Waals surface area contributed by atoms with Gasteiger partial charge in [0.15, 0.2) is 0 Å². The molecule has 0 spiro atoms. The predicted molar refractivity (Wildman–Crippen MR) is 119 cm³/mol. The summed E-state index contributed by atoms with van der Waals surface area (Å²) in [4.78, 5) is 25.7. The summed E-state index contributed by atoms with van der Waals surface area (Å²) in [6.45, 7) is -0.145. The smallest absolute Gasteiger partial charge is 0.384 e. The third kappa shape index (κ3) is 5.59. The van der Waals surface area contributed by atoms with E-state index in [1.54, 1.807) is 17.0 Å². The molecule has 1 amide bonds. The van der Waals surface area contributed by atoms with Gasteiger partial charge in [-0.05, 0) is 24.3 Å². The van der Waals surface area contributed by atoms with Crippen molar-refractivity contribution < 1.29 is 26.7 Å². The van der Waals surface area contributed by atoms with Crippen molar-refractivity contribution in [2.45, 2.75) is 31.0 Å². The minimum atomic E-state index is -4.72. The van der Waals surface area contributed by atoms with Gasteiger partial charge in [0.05, 0.1) is 22.1 Å². The molecule has 2 aromatic heterocycles. The molecule has 0 aliphatic carbocycles. The first kappa shape index (κ1) is 25.0. The number of piperidine rings is 1. The molecule has 1 unspecified atom stereocenters. The Morgan fingerprint density at radius 1 is 1.14 bits per heavy atom. The van der Waals surface area contributed by atoms with E-state index in [1.165, 1.54) is 12.1 Å². The van der Waals surface area contributed by atoms with Crippen molar-refractivity contribution in [3.05, 3.63) is 58.6 Å². The number of carbonyl (C=O) groups is 1. The molecule has 0 bridgehead atoms. The first-order valence-electron chi connectivity index (χ1n) is 10.6. The van der Waals surface area contributed by atoms with Gasteiger partial charge in [0.1, 0.15) is 5.82 Å². The Hall–Kier alpha value is -3.12. The second kappa shape index (κ2) is 9.50. The van der Waals surface area contributed by atoms with Crippen LogP contribution in [0.15, 0.2) is 36.7 Å². The zero-order valence-corrected chi connectivity index (χ0v) is 18.9. The largest absolute Gasteiger partial charge is 0.451 e. The van der Waals surface area contributed by atoms with Crippen LogP contribution in [0, 0.1) is 0 Å². The molecule has 1 aliphatic heterocycles. The number of halogens is 6. The standard InChI is InChI=1S/C22H20ClF5N6O/c23-14-2-3-15-13(1-4-17(29)33-15)18(14)19(35)30-11-16(34-7-5-21(24,25)6-8-34)12-9-31-20(32-10-12)22(26,27)28/h1-4,9-10,16H,5-8,11H2,(H2,29,33)(H,30,35). The Balaban J connectivity index is 1.60. The highest BCUT2D eigenvalue weighted by Crippen LogP contribution is 2.33. The molecule has 7 nitrogen and oxygen atoms in total. The van der Waals surface area contributed by atoms with Crippen LogP contribution < -0.4 is 11.1 Å². The number of nitrogens with one attached hydrogen (secondary N) is 1. The number of carbonyl (C=O) groups excluding carboxylic acids is 1. The molecule has 3 heterocycles. The number of anilines is 1. The first-order valence-corrected chi connectivity index (χ1v) is 11.0. The Labute approximate surface area is 201 Å². The van der Waals surface area contributed by atoms with E-state index in [0.717, 1.165) is 12.4 Å². The number of nitrogens with zero attached hydrogens (tertiary/aromatic N) is 4. The lowest BCUT2D eigenvalue weighted by Crippen LogP contribution is -2.45. The SMILES string of the molecule is Nc1ccc2c(C(=O)NCC(c3cnc(C(F)(F)F)nc3)N3CCC(F)(F)CC3)c(Cl)ccc2n1. The fourth-order valence-corrected chi connectivity index (χ4v) is 4.23. The van der Waals surface area contributed by atoms with Crippen LogP contribution in [0.3, 0.4) is 0 Å². The zero-order valence-electron chi connectivity index (χ0n) is 18.1. The Bertz CT molecular complexity index is 1230. The lowest BCUT2D eigenvalue weighted by Gasteiger charge is -2.37. The number of likely N-dealkylation sites (tertiary alicyclic amines) is 1. The summed E-state index contributed by atoms with van der Waals surface area (Å²) < 4.78 is 66.1. The average Bonchev–Trinajstić information content (AvgIpc) is 2.79. The summed E-state index contributed by atoms with van der Waals surface area (Å²) in [6, 6.07) is 5.50. The topological polar surface area (TPSA) is 97.0 Å². The van der Waals surface area contributed by atoms with E-state index < -0.39 is 42.7 Å². The number of amides is 1. The van der Waals surface area contributed by atoms with Crippen LogP contribution in [0.2, 0.25) is 5.02 Å². The number of pyridine rings is 1. The van der Waals surface area contributed by atoms with E-state index in [1.807, 2.05) is 0 Å². The minimum Gasteiger partial charge on any atom is -0.384 e. The summed E-state index contributed by atoms with van der Waals surface area (Å²) >= 11 is 6.27. The second-order valence-corrected chi connectivity index (χ2v) is 8.59. The van der Waals surface area contributed by atoms with Crippen molar-refractivity contribution in [2.75, 3.05) is 25.4 Å². The van der Waals surface area contributed by atoms with E-state index in [4.69, 9.17) is 17.3 Å². The van der Waals surface area contributed by atoms with Gasteiger partial charge in [0.25, 0.3) is 11.8 Å². The monoisotopic (exact) mass is 514 g/mol. The molecular weight excluding hydrogens is 495 g/mol. The quantitative estimate of drug-likeness (QED) is 0.487. The van der Waals surface area contributed by atoms with E-state index in [2.05, 4.69) is 20.3 Å². The molecule has 35 heavy (non-hydrogen) atoms. The molecule has 1 aromatic carbocycles. The molecule has 3 N–H and O–H groups in total. The highest BCUT2D eigenvalue weighted by molar-refractivity contribution is 6.35. The highest BCUT2D eigenvalue weighted by Gasteiger charge is 2.38. The molecule has 186 valence electrons. The maximum atomic E-state index is 13.7. The summed E-state index contributed by atoms with van der Waals surface area (Å²) in [5.74, 6) is -4.45. The number of hydrogen-bond acceptors (Lipinski definition) is 6. The zero-order chi connectivity index (χ0) is 25.4. The molecule has 13 heteroatoms. The number of nitrogens with two attached hydrogens (primary N) is 1. The lowest BCUT2D eigenvalue weighted by atomic mass is 10.0. The van der Waals surface area contributed by atoms with Gasteiger partial charge < -0.3 is 11.1 Å². The molecular formula is C22H20ClF5N6O. The van der Waals surface area contributed by atoms with Crippen molar-refractivity contribution in [2.24, 2.45) is 0 Å². The Morgan fingerprint density at radius 3 is 2.43 bits per heavy atom. The summed E-state index contributed by atoms with van der Waals surface area (Å²) in [7, 11) is 0. The van der Waals surface area contributed by atoms with Crippen molar-refractivity contribution in [3.63, 3.8) is 0 Å². The van der Waals surface area contributed by atoms with E-state index >= 15 is 0 Å². The van der Waals surface area contributed by atoms with Gasteiger partial charge in [0.2, 0.25) is 5.82 Å². The Morgan fingerprint density at radius 2 is 1.80 bits per heavy atom. The van der Waals surface area contributed by atoms with Crippen molar-refractivity contribution in [1.29, 1.82) is 0 Å². The first-order chi connectivity index (χ1) is 16.4. The number of fused-ring (bicyclic) bond motifs is 1. The van der Waals surface area contributed by atoms with Crippen LogP contribution in [-0.4, -0.2) is 51.3 Å². The van der Waals surface area contributed by atoms with Gasteiger partial charge in [-0.15, -0.1) is 0 Å². The predicted octanol–water partition coefficient (Wildman–Crippen LogP) is 4.48. The number of benzene rings is 1. The molecule has 4 rings (SSSR count). The molecule has 1 fully saturated rings. The van der Waals surface area contributed by atoms with E-state index in [-0.39, 0.29) is 41.6 Å². The molecule has 0 saturated carbocycles. The molecule has 1 aliphatic rings. The second-order valence-electron chi connectivity index (χ2n) is 8.18. The fourth-order valence-electron chi connectivity index (χ4n) is 3.98. The third-order valence-corrected chi connectivity index (χ3v) is 6.12. The van der Waals surface area contributed by atoms with Crippen molar-refractivity contribution >= 4 is 34.2 Å². The fraction of sp³-hybridized carbons (Fsp3) is 0.364. The van der Waals surface area contributed by atoms with Gasteiger partial charge in [0, 0.05) is 55.8 Å². The summed E-state index contributed by atoms with van der Waals surface area (Å²) in [5.41, 5.74) is 6.55. The van der Waals surface area contributed by atoms with Gasteiger partial charge in [-0.2, -0.15) is 13.2 Å². The third-order valence-electron chi connectivity index (χ3n) is 5.81. The van der Waals surface area contributed by atoms with Crippen molar-refractivity contribution in [3.8, 4) is 0 Å². The maximum absolute atomic E-state index is 13.7. The van der Waals surface area contributed by atoms with E-state index in [9.17, 15) is 26.7 Å². The normalized spacial score (nSPS) is 17.3. The highest BCUT2D eigenvalue weighted by atomic mass is 35.5. The van der Waals surface area contributed by atoms with Crippen LogP contribution in [0.5, 0.6) is 0 Å². The van der Waals surface area contributed by atoms with E-state index in [0.29, 0.717) is 10.9 Å².